The number of likely N-dealkylation sites (N-methyl/N-ethyl adjacent to an activating group) is 1. The maximum absolute atomic E-state index is 11.7. The van der Waals surface area contributed by atoms with Crippen LogP contribution in [0.25, 0.3) is 0 Å². The van der Waals surface area contributed by atoms with Gasteiger partial charge in [-0.3, -0.25) is 9.59 Å². The van der Waals surface area contributed by atoms with Gasteiger partial charge in [0.2, 0.25) is 11.8 Å². The van der Waals surface area contributed by atoms with Crippen LogP contribution in [0.1, 0.15) is 41.0 Å². The molecule has 18 heavy (non-hydrogen) atoms. The summed E-state index contributed by atoms with van der Waals surface area (Å²) in [6.07, 6.45) is 0.640. The first-order valence-electron chi connectivity index (χ1n) is 6.41. The van der Waals surface area contributed by atoms with Gasteiger partial charge in [-0.05, 0) is 33.1 Å². The number of amides is 2. The normalized spacial score (nSPS) is 13.3. The number of carbonyl (C=O) groups excluding carboxylic acids is 2. The molecular weight excluding hydrogens is 230 g/mol. The lowest BCUT2D eigenvalue weighted by atomic mass is 10.0. The summed E-state index contributed by atoms with van der Waals surface area (Å²) < 4.78 is 0. The minimum absolute atomic E-state index is 0.113. The molecule has 1 atom stereocenters. The largest absolute Gasteiger partial charge is 0.357 e. The zero-order valence-corrected chi connectivity index (χ0v) is 12.4. The molecule has 0 bridgehead atoms. The van der Waals surface area contributed by atoms with Crippen LogP contribution in [0.2, 0.25) is 0 Å². The van der Waals surface area contributed by atoms with E-state index >= 15 is 0 Å². The molecule has 0 rings (SSSR count). The van der Waals surface area contributed by atoms with E-state index in [0.717, 1.165) is 0 Å². The molecule has 0 aromatic heterocycles. The molecule has 0 heterocycles. The van der Waals surface area contributed by atoms with Gasteiger partial charge in [0.1, 0.15) is 6.04 Å². The maximum atomic E-state index is 11.7. The lowest BCUT2D eigenvalue weighted by Crippen LogP contribution is -2.50. The molecular formula is C13H27N3O2. The molecule has 0 fully saturated rings. The van der Waals surface area contributed by atoms with E-state index in [2.05, 4.69) is 16.0 Å². The standard InChI is InChI=1S/C13H27N3O2/c1-9(2)7-10(12(18)14-6)16-11(17)8-15-13(3,4)5/h9-10,15H,7-8H2,1-6H3,(H,14,18)(H,16,17). The molecule has 106 valence electrons. The second-order valence-corrected chi connectivity index (χ2v) is 5.97. The number of hydrogen-bond acceptors (Lipinski definition) is 3. The first-order chi connectivity index (χ1) is 8.15. The van der Waals surface area contributed by atoms with Crippen LogP contribution in [0.15, 0.2) is 0 Å². The van der Waals surface area contributed by atoms with Crippen LogP contribution in [0, 0.1) is 5.92 Å². The van der Waals surface area contributed by atoms with Crippen molar-refractivity contribution in [2.24, 2.45) is 5.92 Å². The highest BCUT2D eigenvalue weighted by Gasteiger charge is 2.21. The van der Waals surface area contributed by atoms with Crippen LogP contribution < -0.4 is 16.0 Å². The Labute approximate surface area is 110 Å². The fourth-order valence-electron chi connectivity index (χ4n) is 1.47. The molecule has 0 saturated heterocycles. The molecule has 3 N–H and O–H groups in total. The molecule has 1 unspecified atom stereocenters. The molecule has 0 saturated carbocycles. The average Bonchev–Trinajstić information content (AvgIpc) is 2.22. The van der Waals surface area contributed by atoms with Crippen LogP contribution in [0.3, 0.4) is 0 Å². The monoisotopic (exact) mass is 257 g/mol. The minimum atomic E-state index is -0.454. The van der Waals surface area contributed by atoms with Crippen molar-refractivity contribution in [3.63, 3.8) is 0 Å². The van der Waals surface area contributed by atoms with Crippen LogP contribution >= 0.6 is 0 Å². The first kappa shape index (κ1) is 16.9. The predicted octanol–water partition coefficient (Wildman–Crippen LogP) is 0.651. The van der Waals surface area contributed by atoms with Crippen LogP contribution in [0.4, 0.5) is 0 Å². The van der Waals surface area contributed by atoms with Gasteiger partial charge in [-0.15, -0.1) is 0 Å². The fourth-order valence-corrected chi connectivity index (χ4v) is 1.47. The van der Waals surface area contributed by atoms with Gasteiger partial charge < -0.3 is 16.0 Å². The Hall–Kier alpha value is -1.10. The third-order valence-corrected chi connectivity index (χ3v) is 2.38. The molecule has 0 aliphatic carbocycles. The van der Waals surface area contributed by atoms with Gasteiger partial charge in [0.05, 0.1) is 6.54 Å². The van der Waals surface area contributed by atoms with E-state index in [1.165, 1.54) is 0 Å². The molecule has 0 radical (unpaired) electrons. The Kier molecular flexibility index (Phi) is 6.91. The van der Waals surface area contributed by atoms with Gasteiger partial charge in [0.15, 0.2) is 0 Å². The topological polar surface area (TPSA) is 70.2 Å². The van der Waals surface area contributed by atoms with E-state index in [-0.39, 0.29) is 23.9 Å². The third-order valence-electron chi connectivity index (χ3n) is 2.38. The van der Waals surface area contributed by atoms with Gasteiger partial charge in [-0.1, -0.05) is 13.8 Å². The molecule has 0 aliphatic rings. The van der Waals surface area contributed by atoms with Crippen LogP contribution in [-0.2, 0) is 9.59 Å². The van der Waals surface area contributed by atoms with Crippen molar-refractivity contribution >= 4 is 11.8 Å². The number of hydrogen-bond donors (Lipinski definition) is 3. The van der Waals surface area contributed by atoms with Crippen LogP contribution in [-0.4, -0.2) is 37.0 Å². The van der Waals surface area contributed by atoms with Crippen molar-refractivity contribution in [2.75, 3.05) is 13.6 Å². The van der Waals surface area contributed by atoms with Crippen LogP contribution in [0.5, 0.6) is 0 Å². The lowest BCUT2D eigenvalue weighted by molar-refractivity contribution is -0.128. The summed E-state index contributed by atoms with van der Waals surface area (Å²) in [6.45, 7) is 10.2. The van der Waals surface area contributed by atoms with Crippen molar-refractivity contribution in [1.29, 1.82) is 0 Å². The molecule has 0 aromatic carbocycles. The Morgan fingerprint density at radius 3 is 2.11 bits per heavy atom. The summed E-state index contributed by atoms with van der Waals surface area (Å²) in [5.74, 6) is 0.0511. The van der Waals surface area contributed by atoms with E-state index in [1.807, 2.05) is 34.6 Å². The highest BCUT2D eigenvalue weighted by molar-refractivity contribution is 5.88. The Bertz CT molecular complexity index is 282. The van der Waals surface area contributed by atoms with Gasteiger partial charge in [0.25, 0.3) is 0 Å². The minimum Gasteiger partial charge on any atom is -0.357 e. The highest BCUT2D eigenvalue weighted by atomic mass is 16.2. The highest BCUT2D eigenvalue weighted by Crippen LogP contribution is 2.05. The van der Waals surface area contributed by atoms with Gasteiger partial charge in [-0.25, -0.2) is 0 Å². The van der Waals surface area contributed by atoms with E-state index in [9.17, 15) is 9.59 Å². The second kappa shape index (κ2) is 7.36. The van der Waals surface area contributed by atoms with Gasteiger partial charge >= 0.3 is 0 Å². The smallest absolute Gasteiger partial charge is 0.242 e. The van der Waals surface area contributed by atoms with Crippen molar-refractivity contribution in [1.82, 2.24) is 16.0 Å². The van der Waals surface area contributed by atoms with E-state index in [0.29, 0.717) is 12.3 Å². The number of nitrogens with one attached hydrogen (secondary N) is 3. The Morgan fingerprint density at radius 1 is 1.17 bits per heavy atom. The second-order valence-electron chi connectivity index (χ2n) is 5.97. The van der Waals surface area contributed by atoms with Gasteiger partial charge in [-0.2, -0.15) is 0 Å². The Balaban J connectivity index is 4.31. The molecule has 5 heteroatoms. The van der Waals surface area contributed by atoms with E-state index < -0.39 is 6.04 Å². The van der Waals surface area contributed by atoms with Crippen molar-refractivity contribution < 1.29 is 9.59 Å². The summed E-state index contributed by atoms with van der Waals surface area (Å²) in [5, 5.41) is 8.43. The molecule has 2 amide bonds. The molecule has 0 aromatic rings. The number of carbonyl (C=O) groups is 2. The summed E-state index contributed by atoms with van der Waals surface area (Å²) in [7, 11) is 1.58. The zero-order valence-electron chi connectivity index (χ0n) is 12.4. The predicted molar refractivity (Wildman–Crippen MR) is 73.2 cm³/mol. The van der Waals surface area contributed by atoms with Crippen molar-refractivity contribution in [2.45, 2.75) is 52.6 Å². The summed E-state index contributed by atoms with van der Waals surface area (Å²) in [5.41, 5.74) is -0.113. The first-order valence-corrected chi connectivity index (χ1v) is 6.41. The lowest BCUT2D eigenvalue weighted by Gasteiger charge is -2.22. The van der Waals surface area contributed by atoms with E-state index in [1.54, 1.807) is 7.05 Å². The quantitative estimate of drug-likeness (QED) is 0.654. The molecule has 0 spiro atoms. The SMILES string of the molecule is CNC(=O)C(CC(C)C)NC(=O)CNC(C)(C)C. The Morgan fingerprint density at radius 2 is 1.72 bits per heavy atom. The van der Waals surface area contributed by atoms with Gasteiger partial charge in [0, 0.05) is 12.6 Å². The summed E-state index contributed by atoms with van der Waals surface area (Å²) in [4.78, 5) is 23.4. The summed E-state index contributed by atoms with van der Waals surface area (Å²) in [6, 6.07) is -0.454. The zero-order chi connectivity index (χ0) is 14.3. The van der Waals surface area contributed by atoms with Crippen molar-refractivity contribution in [3.05, 3.63) is 0 Å². The number of rotatable bonds is 6. The van der Waals surface area contributed by atoms with Crippen molar-refractivity contribution in [3.8, 4) is 0 Å². The third kappa shape index (κ3) is 8.06. The van der Waals surface area contributed by atoms with E-state index in [4.69, 9.17) is 0 Å². The maximum Gasteiger partial charge on any atom is 0.242 e. The molecule has 5 nitrogen and oxygen atoms in total. The summed E-state index contributed by atoms with van der Waals surface area (Å²) >= 11 is 0. The molecule has 0 aliphatic heterocycles. The average molecular weight is 257 g/mol. The fraction of sp³-hybridized carbons (Fsp3) is 0.846.